The summed E-state index contributed by atoms with van der Waals surface area (Å²) in [5.74, 6) is 0.654. The standard InChI is InChI=1S/C26H30N6O3/c1-24(2)7-8-26(10-18(24)14-31-16-30-19-6-5-17(11-27)9-20(19)31)15-32(23(33)35-26)22-13-28-21(12-29-22)25(3,4)34/h5-6,9,12-13,16,18,34H,7-8,10,14-15H2,1-4H3/t18-,26-/m1/s1. The van der Waals surface area contributed by atoms with Crippen molar-refractivity contribution in [3.05, 3.63) is 48.2 Å². The largest absolute Gasteiger partial charge is 0.441 e. The van der Waals surface area contributed by atoms with E-state index in [1.165, 1.54) is 12.4 Å². The molecule has 182 valence electrons. The number of carbonyl (C=O) groups is 1. The number of aliphatic hydroxyl groups is 1. The van der Waals surface area contributed by atoms with Gasteiger partial charge in [0.05, 0.1) is 53.6 Å². The third-order valence-corrected chi connectivity index (χ3v) is 7.63. The molecule has 2 aromatic heterocycles. The zero-order valence-electron chi connectivity index (χ0n) is 20.5. The van der Waals surface area contributed by atoms with Gasteiger partial charge in [-0.05, 0) is 62.6 Å². The monoisotopic (exact) mass is 474 g/mol. The van der Waals surface area contributed by atoms with E-state index in [0.717, 1.165) is 36.8 Å². The molecule has 0 bridgehead atoms. The number of hydrogen-bond acceptors (Lipinski definition) is 7. The minimum Gasteiger partial charge on any atom is -0.441 e. The van der Waals surface area contributed by atoms with Crippen molar-refractivity contribution < 1.29 is 14.6 Å². The van der Waals surface area contributed by atoms with Gasteiger partial charge in [-0.25, -0.2) is 14.8 Å². The van der Waals surface area contributed by atoms with Crippen molar-refractivity contribution in [2.75, 3.05) is 11.4 Å². The Balaban J connectivity index is 1.38. The van der Waals surface area contributed by atoms with Crippen LogP contribution in [0, 0.1) is 22.7 Å². The average molecular weight is 475 g/mol. The summed E-state index contributed by atoms with van der Waals surface area (Å²) < 4.78 is 8.13. The van der Waals surface area contributed by atoms with Crippen LogP contribution < -0.4 is 4.90 Å². The number of carbonyl (C=O) groups excluding carboxylic acids is 1. The normalized spacial score (nSPS) is 24.1. The van der Waals surface area contributed by atoms with Crippen LogP contribution in [0.15, 0.2) is 36.9 Å². The number of fused-ring (bicyclic) bond motifs is 1. The van der Waals surface area contributed by atoms with E-state index in [9.17, 15) is 15.2 Å². The predicted molar refractivity (Wildman–Crippen MR) is 129 cm³/mol. The molecular weight excluding hydrogens is 444 g/mol. The van der Waals surface area contributed by atoms with Gasteiger partial charge in [-0.2, -0.15) is 5.26 Å². The van der Waals surface area contributed by atoms with Crippen LogP contribution in [-0.4, -0.2) is 42.9 Å². The summed E-state index contributed by atoms with van der Waals surface area (Å²) in [6.07, 6.45) is 6.84. The van der Waals surface area contributed by atoms with Crippen LogP contribution in [0.4, 0.5) is 10.6 Å². The van der Waals surface area contributed by atoms with Gasteiger partial charge in [-0.15, -0.1) is 0 Å². The Hall–Kier alpha value is -3.51. The molecule has 0 unspecified atom stereocenters. The molecule has 2 atom stereocenters. The summed E-state index contributed by atoms with van der Waals surface area (Å²) in [6.45, 7) is 8.95. The van der Waals surface area contributed by atoms with Crippen molar-refractivity contribution in [3.63, 3.8) is 0 Å². The number of hydrogen-bond donors (Lipinski definition) is 1. The van der Waals surface area contributed by atoms with Crippen molar-refractivity contribution in [2.45, 2.75) is 64.7 Å². The van der Waals surface area contributed by atoms with Crippen LogP contribution in [0.5, 0.6) is 0 Å². The van der Waals surface area contributed by atoms with Crippen molar-refractivity contribution in [1.82, 2.24) is 19.5 Å². The van der Waals surface area contributed by atoms with Gasteiger partial charge in [-0.1, -0.05) is 13.8 Å². The van der Waals surface area contributed by atoms with E-state index in [4.69, 9.17) is 4.74 Å². The van der Waals surface area contributed by atoms with Crippen LogP contribution >= 0.6 is 0 Å². The SMILES string of the molecule is CC(C)(O)c1cnc(N2C[C@]3(CCC(C)(C)[C@@H](Cn4cnc5ccc(C#N)cc54)C3)OC2=O)cn1. The molecule has 2 fully saturated rings. The number of nitriles is 1. The highest BCUT2D eigenvalue weighted by molar-refractivity contribution is 5.89. The Bertz CT molecular complexity index is 1320. The second kappa shape index (κ2) is 8.02. The maximum atomic E-state index is 12.9. The third kappa shape index (κ3) is 4.23. The zero-order chi connectivity index (χ0) is 25.0. The summed E-state index contributed by atoms with van der Waals surface area (Å²) in [5.41, 5.74) is 1.19. The predicted octanol–water partition coefficient (Wildman–Crippen LogP) is 4.15. The molecule has 3 aromatic rings. The first-order valence-corrected chi connectivity index (χ1v) is 11.9. The molecule has 2 aliphatic rings. The van der Waals surface area contributed by atoms with Crippen LogP contribution in [0.2, 0.25) is 0 Å². The molecular formula is C26H30N6O3. The highest BCUT2D eigenvalue weighted by Gasteiger charge is 2.53. The molecule has 3 heterocycles. The topological polar surface area (TPSA) is 117 Å². The van der Waals surface area contributed by atoms with Gasteiger partial charge in [0.2, 0.25) is 0 Å². The Kier molecular flexibility index (Phi) is 5.33. The summed E-state index contributed by atoms with van der Waals surface area (Å²) in [7, 11) is 0. The van der Waals surface area contributed by atoms with Gasteiger partial charge >= 0.3 is 6.09 Å². The van der Waals surface area contributed by atoms with Gasteiger partial charge in [0.25, 0.3) is 0 Å². The van der Waals surface area contributed by atoms with Gasteiger partial charge in [0.1, 0.15) is 11.2 Å². The van der Waals surface area contributed by atoms with E-state index in [1.807, 2.05) is 18.5 Å². The Labute approximate surface area is 204 Å². The minimum absolute atomic E-state index is 0.0443. The Morgan fingerprint density at radius 1 is 1.23 bits per heavy atom. The van der Waals surface area contributed by atoms with E-state index < -0.39 is 17.3 Å². The van der Waals surface area contributed by atoms with Gasteiger partial charge in [0, 0.05) is 6.54 Å². The Morgan fingerprint density at radius 3 is 2.71 bits per heavy atom. The second-order valence-electron chi connectivity index (χ2n) is 11.1. The molecule has 1 amide bonds. The quantitative estimate of drug-likeness (QED) is 0.604. The molecule has 1 N–H and O–H groups in total. The number of rotatable bonds is 4. The minimum atomic E-state index is -1.11. The van der Waals surface area contributed by atoms with E-state index in [-0.39, 0.29) is 11.3 Å². The van der Waals surface area contributed by atoms with Crippen LogP contribution in [0.1, 0.15) is 58.2 Å². The maximum absolute atomic E-state index is 12.9. The Morgan fingerprint density at radius 2 is 2.03 bits per heavy atom. The number of imidazole rings is 1. The van der Waals surface area contributed by atoms with Gasteiger partial charge in [-0.3, -0.25) is 9.88 Å². The number of amides is 1. The molecule has 1 saturated heterocycles. The highest BCUT2D eigenvalue weighted by Crippen LogP contribution is 2.49. The van der Waals surface area contributed by atoms with E-state index >= 15 is 0 Å². The fourth-order valence-corrected chi connectivity index (χ4v) is 5.22. The van der Waals surface area contributed by atoms with Gasteiger partial charge < -0.3 is 14.4 Å². The fourth-order valence-electron chi connectivity index (χ4n) is 5.22. The molecule has 0 radical (unpaired) electrons. The fraction of sp³-hybridized carbons (Fsp3) is 0.500. The smallest absolute Gasteiger partial charge is 0.416 e. The van der Waals surface area contributed by atoms with Crippen LogP contribution in [-0.2, 0) is 16.9 Å². The molecule has 1 aromatic carbocycles. The van der Waals surface area contributed by atoms with Crippen molar-refractivity contribution in [2.24, 2.45) is 11.3 Å². The first-order valence-electron chi connectivity index (χ1n) is 11.9. The van der Waals surface area contributed by atoms with E-state index in [0.29, 0.717) is 23.6 Å². The molecule has 9 nitrogen and oxygen atoms in total. The number of benzene rings is 1. The summed E-state index contributed by atoms with van der Waals surface area (Å²) in [4.78, 5) is 27.6. The lowest BCUT2D eigenvalue weighted by Crippen LogP contribution is -2.47. The van der Waals surface area contributed by atoms with Crippen LogP contribution in [0.25, 0.3) is 11.0 Å². The summed E-state index contributed by atoms with van der Waals surface area (Å²) >= 11 is 0. The molecule has 9 heteroatoms. The highest BCUT2D eigenvalue weighted by atomic mass is 16.6. The molecule has 35 heavy (non-hydrogen) atoms. The van der Waals surface area contributed by atoms with Crippen molar-refractivity contribution in [1.29, 1.82) is 5.26 Å². The first-order chi connectivity index (χ1) is 16.5. The average Bonchev–Trinajstić information content (AvgIpc) is 3.36. The van der Waals surface area contributed by atoms with E-state index in [2.05, 4.69) is 39.4 Å². The molecule has 1 aliphatic heterocycles. The lowest BCUT2D eigenvalue weighted by atomic mass is 9.63. The number of aromatic nitrogens is 4. The number of anilines is 1. The molecule has 1 saturated carbocycles. The number of ether oxygens (including phenoxy) is 1. The molecule has 5 rings (SSSR count). The summed E-state index contributed by atoms with van der Waals surface area (Å²) in [6, 6.07) is 7.73. The number of nitrogens with zero attached hydrogens (tertiary/aromatic N) is 6. The molecule has 1 aliphatic carbocycles. The van der Waals surface area contributed by atoms with E-state index in [1.54, 1.807) is 24.8 Å². The van der Waals surface area contributed by atoms with Crippen molar-refractivity contribution in [3.8, 4) is 6.07 Å². The third-order valence-electron chi connectivity index (χ3n) is 7.63. The second-order valence-corrected chi connectivity index (χ2v) is 11.1. The maximum Gasteiger partial charge on any atom is 0.416 e. The lowest BCUT2D eigenvalue weighted by molar-refractivity contribution is -0.0417. The lowest BCUT2D eigenvalue weighted by Gasteiger charge is -2.46. The molecule has 1 spiro atoms. The van der Waals surface area contributed by atoms with Crippen molar-refractivity contribution >= 4 is 22.9 Å². The van der Waals surface area contributed by atoms with Crippen LogP contribution in [0.3, 0.4) is 0 Å². The van der Waals surface area contributed by atoms with Gasteiger partial charge in [0.15, 0.2) is 5.82 Å². The first kappa shape index (κ1) is 23.2. The summed E-state index contributed by atoms with van der Waals surface area (Å²) in [5, 5.41) is 19.5. The zero-order valence-corrected chi connectivity index (χ0v) is 20.5.